The molecule has 0 saturated heterocycles. The van der Waals surface area contributed by atoms with Crippen molar-refractivity contribution in [2.75, 3.05) is 5.32 Å². The number of anilines is 1. The third-order valence-electron chi connectivity index (χ3n) is 5.06. The summed E-state index contributed by atoms with van der Waals surface area (Å²) in [5.74, 6) is -0.718. The van der Waals surface area contributed by atoms with Crippen LogP contribution in [0.4, 0.5) is 5.69 Å². The highest BCUT2D eigenvalue weighted by Gasteiger charge is 2.14. The number of ether oxygens (including phenoxy) is 2. The number of thiocarbonyl (C=S) groups is 1. The molecule has 0 aliphatic heterocycles. The number of rotatable bonds is 7. The lowest BCUT2D eigenvalue weighted by molar-refractivity contribution is 0.0732. The quantitative estimate of drug-likeness (QED) is 0.108. The Hall–Kier alpha value is -4.82. The molecule has 7 nitrogen and oxygen atoms in total. The van der Waals surface area contributed by atoms with Crippen molar-refractivity contribution >= 4 is 41.2 Å². The second kappa shape index (κ2) is 12.2. The number of esters is 2. The van der Waals surface area contributed by atoms with E-state index in [1.54, 1.807) is 66.7 Å². The number of carbonyl (C=O) groups excluding carboxylic acids is 2. The number of aryl methyl sites for hydroxylation is 1. The van der Waals surface area contributed by atoms with Gasteiger partial charge in [-0.2, -0.15) is 5.10 Å². The van der Waals surface area contributed by atoms with E-state index in [2.05, 4.69) is 15.8 Å². The molecule has 4 aromatic rings. The summed E-state index contributed by atoms with van der Waals surface area (Å²) >= 11 is 5.30. The van der Waals surface area contributed by atoms with E-state index in [-0.39, 0.29) is 16.6 Å². The molecule has 8 heteroatoms. The molecule has 0 spiro atoms. The summed E-state index contributed by atoms with van der Waals surface area (Å²) in [5.41, 5.74) is 5.90. The van der Waals surface area contributed by atoms with Crippen LogP contribution in [0.5, 0.6) is 11.5 Å². The lowest BCUT2D eigenvalue weighted by atomic mass is 10.2. The highest BCUT2D eigenvalue weighted by atomic mass is 32.1. The SMILES string of the molecule is Cc1cccc(NC(=S)N/N=C/c2ccc(OC(=O)c3ccccc3)cc2OC(=O)c2ccccc2)c1. The van der Waals surface area contributed by atoms with E-state index in [4.69, 9.17) is 21.7 Å². The maximum Gasteiger partial charge on any atom is 0.343 e. The van der Waals surface area contributed by atoms with Gasteiger partial charge in [0.05, 0.1) is 17.3 Å². The van der Waals surface area contributed by atoms with E-state index in [1.807, 2.05) is 37.3 Å². The Morgan fingerprint density at radius 2 is 1.43 bits per heavy atom. The minimum absolute atomic E-state index is 0.162. The molecule has 184 valence electrons. The van der Waals surface area contributed by atoms with Crippen molar-refractivity contribution in [2.45, 2.75) is 6.92 Å². The Kier molecular flexibility index (Phi) is 8.36. The maximum atomic E-state index is 12.7. The normalized spacial score (nSPS) is 10.5. The van der Waals surface area contributed by atoms with Gasteiger partial charge >= 0.3 is 11.9 Å². The molecule has 0 aliphatic rings. The molecule has 4 aromatic carbocycles. The van der Waals surface area contributed by atoms with Gasteiger partial charge in [-0.15, -0.1) is 0 Å². The van der Waals surface area contributed by atoms with Crippen LogP contribution in [0.3, 0.4) is 0 Å². The van der Waals surface area contributed by atoms with Crippen molar-refractivity contribution in [3.63, 3.8) is 0 Å². The molecule has 0 amide bonds. The molecule has 0 atom stereocenters. The van der Waals surface area contributed by atoms with Gasteiger partial charge < -0.3 is 14.8 Å². The summed E-state index contributed by atoms with van der Waals surface area (Å²) in [7, 11) is 0. The Bertz CT molecular complexity index is 1440. The molecule has 0 saturated carbocycles. The second-order valence-electron chi connectivity index (χ2n) is 7.90. The third-order valence-corrected chi connectivity index (χ3v) is 5.26. The zero-order chi connectivity index (χ0) is 26.0. The highest BCUT2D eigenvalue weighted by molar-refractivity contribution is 7.80. The number of benzene rings is 4. The van der Waals surface area contributed by atoms with Crippen LogP contribution in [0.1, 0.15) is 31.8 Å². The van der Waals surface area contributed by atoms with Gasteiger partial charge in [0.2, 0.25) is 0 Å². The second-order valence-corrected chi connectivity index (χ2v) is 8.31. The number of nitrogens with zero attached hydrogens (tertiary/aromatic N) is 1. The summed E-state index contributed by atoms with van der Waals surface area (Å²) in [6.07, 6.45) is 1.46. The average Bonchev–Trinajstić information content (AvgIpc) is 2.91. The van der Waals surface area contributed by atoms with Crippen LogP contribution in [-0.2, 0) is 0 Å². The first-order chi connectivity index (χ1) is 18.0. The first-order valence-corrected chi connectivity index (χ1v) is 11.7. The number of hydrogen-bond acceptors (Lipinski definition) is 6. The van der Waals surface area contributed by atoms with Crippen molar-refractivity contribution in [3.8, 4) is 11.5 Å². The smallest absolute Gasteiger partial charge is 0.343 e. The van der Waals surface area contributed by atoms with E-state index in [1.165, 1.54) is 12.3 Å². The zero-order valence-electron chi connectivity index (χ0n) is 19.9. The predicted molar refractivity (Wildman–Crippen MR) is 147 cm³/mol. The van der Waals surface area contributed by atoms with Crippen LogP contribution < -0.4 is 20.2 Å². The summed E-state index contributed by atoms with van der Waals surface area (Å²) in [6.45, 7) is 1.98. The van der Waals surface area contributed by atoms with E-state index in [0.717, 1.165) is 11.3 Å². The average molecular weight is 510 g/mol. The van der Waals surface area contributed by atoms with Gasteiger partial charge in [0.15, 0.2) is 5.11 Å². The zero-order valence-corrected chi connectivity index (χ0v) is 20.7. The van der Waals surface area contributed by atoms with Gasteiger partial charge in [0, 0.05) is 17.3 Å². The lowest BCUT2D eigenvalue weighted by Gasteiger charge is -2.11. The number of carbonyl (C=O) groups is 2. The van der Waals surface area contributed by atoms with Crippen LogP contribution in [0.2, 0.25) is 0 Å². The van der Waals surface area contributed by atoms with Crippen molar-refractivity contribution < 1.29 is 19.1 Å². The molecule has 4 rings (SSSR count). The topological polar surface area (TPSA) is 89.0 Å². The van der Waals surface area contributed by atoms with Gasteiger partial charge in [-0.25, -0.2) is 9.59 Å². The third kappa shape index (κ3) is 7.33. The monoisotopic (exact) mass is 509 g/mol. The summed E-state index contributed by atoms with van der Waals surface area (Å²) < 4.78 is 11.1. The van der Waals surface area contributed by atoms with Crippen LogP contribution in [0.25, 0.3) is 0 Å². The van der Waals surface area contributed by atoms with E-state index >= 15 is 0 Å². The van der Waals surface area contributed by atoms with Gasteiger partial charge in [-0.1, -0.05) is 48.5 Å². The minimum atomic E-state index is -0.564. The molecule has 37 heavy (non-hydrogen) atoms. The molecule has 2 N–H and O–H groups in total. The van der Waals surface area contributed by atoms with Gasteiger partial charge in [0.1, 0.15) is 11.5 Å². The molecule has 0 fully saturated rings. The van der Waals surface area contributed by atoms with E-state index in [0.29, 0.717) is 16.7 Å². The van der Waals surface area contributed by atoms with Gasteiger partial charge in [-0.05, 0) is 73.2 Å². The fourth-order valence-corrected chi connectivity index (χ4v) is 3.46. The van der Waals surface area contributed by atoms with E-state index in [9.17, 15) is 9.59 Å². The molecule has 0 aromatic heterocycles. The maximum absolute atomic E-state index is 12.7. The molecule has 0 bridgehead atoms. The predicted octanol–water partition coefficient (Wildman–Crippen LogP) is 5.75. The van der Waals surface area contributed by atoms with Crippen LogP contribution in [-0.4, -0.2) is 23.3 Å². The fraction of sp³-hybridized carbons (Fsp3) is 0.0345. The first kappa shape index (κ1) is 25.3. The van der Waals surface area contributed by atoms with E-state index < -0.39 is 11.9 Å². The summed E-state index contributed by atoms with van der Waals surface area (Å²) in [6, 6.07) is 29.6. The Labute approximate surface area is 219 Å². The van der Waals surface area contributed by atoms with Crippen LogP contribution in [0.15, 0.2) is 108 Å². The lowest BCUT2D eigenvalue weighted by Crippen LogP contribution is -2.23. The Balaban J connectivity index is 1.51. The van der Waals surface area contributed by atoms with Crippen molar-refractivity contribution in [3.05, 3.63) is 125 Å². The summed E-state index contributed by atoms with van der Waals surface area (Å²) in [4.78, 5) is 25.2. The molecular formula is C29H23N3O4S. The first-order valence-electron chi connectivity index (χ1n) is 11.3. The van der Waals surface area contributed by atoms with Crippen LogP contribution >= 0.6 is 12.2 Å². The van der Waals surface area contributed by atoms with Crippen molar-refractivity contribution in [1.29, 1.82) is 0 Å². The molecule has 0 heterocycles. The van der Waals surface area contributed by atoms with Gasteiger partial charge in [0.25, 0.3) is 0 Å². The number of hydrogen-bond donors (Lipinski definition) is 2. The number of hydrazone groups is 1. The minimum Gasteiger partial charge on any atom is -0.423 e. The Morgan fingerprint density at radius 1 is 0.784 bits per heavy atom. The van der Waals surface area contributed by atoms with Crippen molar-refractivity contribution in [1.82, 2.24) is 5.43 Å². The van der Waals surface area contributed by atoms with Crippen LogP contribution in [0, 0.1) is 6.92 Å². The Morgan fingerprint density at radius 3 is 2.08 bits per heavy atom. The fourth-order valence-electron chi connectivity index (χ4n) is 3.29. The standard InChI is InChI=1S/C29H23N3O4S/c1-20-9-8-14-24(17-20)31-29(37)32-30-19-23-15-16-25(35-27(33)21-10-4-2-5-11-21)18-26(23)36-28(34)22-12-6-3-7-13-22/h2-19H,1H3,(H2,31,32,37)/b30-19+. The largest absolute Gasteiger partial charge is 0.423 e. The van der Waals surface area contributed by atoms with Gasteiger partial charge in [-0.3, -0.25) is 5.43 Å². The van der Waals surface area contributed by atoms with Crippen molar-refractivity contribution in [2.24, 2.45) is 5.10 Å². The number of nitrogens with one attached hydrogen (secondary N) is 2. The summed E-state index contributed by atoms with van der Waals surface area (Å²) in [5, 5.41) is 7.50. The molecule has 0 aliphatic carbocycles. The highest BCUT2D eigenvalue weighted by Crippen LogP contribution is 2.26. The molecular weight excluding hydrogens is 486 g/mol. The molecule has 0 unspecified atom stereocenters. The molecule has 0 radical (unpaired) electrons.